The molecule has 0 saturated carbocycles. The van der Waals surface area contributed by atoms with Crippen molar-refractivity contribution in [3.05, 3.63) is 0 Å². The molecule has 6 nitrogen and oxygen atoms in total. The third kappa shape index (κ3) is 6.06. The number of esters is 2. The Balaban J connectivity index is 5.37. The lowest BCUT2D eigenvalue weighted by atomic mass is 9.81. The minimum absolute atomic E-state index is 0.0988. The van der Waals surface area contributed by atoms with E-state index >= 15 is 0 Å². The lowest BCUT2D eigenvalue weighted by Crippen LogP contribution is -2.39. The van der Waals surface area contributed by atoms with E-state index in [0.29, 0.717) is 0 Å². The Hall–Kier alpha value is -1.72. The molecule has 0 aliphatic heterocycles. The summed E-state index contributed by atoms with van der Waals surface area (Å²) in [6.07, 6.45) is 0.118. The minimum atomic E-state index is -1.32. The summed E-state index contributed by atoms with van der Waals surface area (Å²) in [5, 5.41) is 0. The second-order valence-electron chi connectivity index (χ2n) is 4.95. The number of Topliss-reactive ketones (excluding diaryl/α,β-unsaturated/α-hetero) is 2. The van der Waals surface area contributed by atoms with Crippen molar-refractivity contribution < 1.29 is 28.7 Å². The lowest BCUT2D eigenvalue weighted by molar-refractivity contribution is -0.166. The highest BCUT2D eigenvalue weighted by atomic mass is 16.6. The average molecular weight is 300 g/mol. The second kappa shape index (κ2) is 9.26. The number of hydrogen-bond acceptors (Lipinski definition) is 6. The largest absolute Gasteiger partial charge is 0.465 e. The minimum Gasteiger partial charge on any atom is -0.465 e. The number of rotatable bonds is 9. The van der Waals surface area contributed by atoms with Gasteiger partial charge >= 0.3 is 11.9 Å². The van der Waals surface area contributed by atoms with Gasteiger partial charge in [0.15, 0.2) is 5.92 Å². The first-order valence-corrected chi connectivity index (χ1v) is 7.10. The fourth-order valence-electron chi connectivity index (χ4n) is 1.97. The van der Waals surface area contributed by atoms with Crippen LogP contribution in [0.5, 0.6) is 0 Å². The van der Waals surface area contributed by atoms with Crippen molar-refractivity contribution in [2.75, 3.05) is 13.2 Å². The smallest absolute Gasteiger partial charge is 0.321 e. The maximum atomic E-state index is 12.0. The highest BCUT2D eigenvalue weighted by molar-refractivity contribution is 6.00. The Morgan fingerprint density at radius 1 is 0.857 bits per heavy atom. The molecule has 0 bridgehead atoms. The number of carbonyl (C=O) groups is 4. The SMILES string of the molecule is CCOC(=O)C(C(=O)OCC)C(CC(C)C(C)=O)C(C)=O. The van der Waals surface area contributed by atoms with E-state index in [1.165, 1.54) is 13.8 Å². The van der Waals surface area contributed by atoms with Gasteiger partial charge in [0, 0.05) is 11.8 Å². The standard InChI is InChI=1S/C15H24O6/c1-6-20-14(18)13(15(19)21-7-2)12(11(5)17)8-9(3)10(4)16/h9,12-13H,6-8H2,1-5H3. The van der Waals surface area contributed by atoms with Crippen LogP contribution < -0.4 is 0 Å². The van der Waals surface area contributed by atoms with E-state index in [1.54, 1.807) is 20.8 Å². The summed E-state index contributed by atoms with van der Waals surface area (Å²) < 4.78 is 9.74. The zero-order valence-electron chi connectivity index (χ0n) is 13.3. The number of ketones is 2. The van der Waals surface area contributed by atoms with Crippen molar-refractivity contribution in [1.82, 2.24) is 0 Å². The van der Waals surface area contributed by atoms with Gasteiger partial charge in [-0.15, -0.1) is 0 Å². The van der Waals surface area contributed by atoms with Gasteiger partial charge in [-0.1, -0.05) is 6.92 Å². The lowest BCUT2D eigenvalue weighted by Gasteiger charge is -2.23. The molecule has 0 spiro atoms. The third-order valence-electron chi connectivity index (χ3n) is 3.31. The maximum Gasteiger partial charge on any atom is 0.321 e. The molecule has 0 saturated heterocycles. The van der Waals surface area contributed by atoms with Crippen LogP contribution in [0.25, 0.3) is 0 Å². The zero-order chi connectivity index (χ0) is 16.6. The molecule has 0 aromatic rings. The summed E-state index contributed by atoms with van der Waals surface area (Å²) >= 11 is 0. The number of carbonyl (C=O) groups excluding carboxylic acids is 4. The Morgan fingerprint density at radius 2 is 1.29 bits per heavy atom. The van der Waals surface area contributed by atoms with Gasteiger partial charge in [-0.05, 0) is 34.1 Å². The summed E-state index contributed by atoms with van der Waals surface area (Å²) in [6.45, 7) is 7.78. The maximum absolute atomic E-state index is 12.0. The van der Waals surface area contributed by atoms with Crippen LogP contribution >= 0.6 is 0 Å². The van der Waals surface area contributed by atoms with E-state index in [0.717, 1.165) is 0 Å². The molecule has 120 valence electrons. The normalized spacial score (nSPS) is 13.4. The highest BCUT2D eigenvalue weighted by Crippen LogP contribution is 2.25. The fraction of sp³-hybridized carbons (Fsp3) is 0.733. The van der Waals surface area contributed by atoms with Gasteiger partial charge in [0.1, 0.15) is 11.6 Å². The van der Waals surface area contributed by atoms with Crippen LogP contribution in [0.4, 0.5) is 0 Å². The molecule has 0 aliphatic carbocycles. The van der Waals surface area contributed by atoms with Crippen LogP contribution in [0.1, 0.15) is 41.0 Å². The zero-order valence-corrected chi connectivity index (χ0v) is 13.3. The van der Waals surface area contributed by atoms with Crippen molar-refractivity contribution >= 4 is 23.5 Å². The van der Waals surface area contributed by atoms with Crippen LogP contribution in [0.2, 0.25) is 0 Å². The molecule has 0 aliphatic rings. The molecule has 0 fully saturated rings. The molecule has 0 rings (SSSR count). The van der Waals surface area contributed by atoms with Gasteiger partial charge in [-0.2, -0.15) is 0 Å². The van der Waals surface area contributed by atoms with Crippen molar-refractivity contribution in [1.29, 1.82) is 0 Å². The van der Waals surface area contributed by atoms with E-state index < -0.39 is 29.7 Å². The average Bonchev–Trinajstić information content (AvgIpc) is 2.37. The first-order valence-electron chi connectivity index (χ1n) is 7.10. The Bertz CT molecular complexity index is 383. The summed E-state index contributed by atoms with van der Waals surface area (Å²) in [4.78, 5) is 47.2. The Kier molecular flexibility index (Phi) is 8.50. The predicted octanol–water partition coefficient (Wildman–Crippen LogP) is 1.55. The van der Waals surface area contributed by atoms with E-state index in [2.05, 4.69) is 0 Å². The molecule has 0 aromatic heterocycles. The third-order valence-corrected chi connectivity index (χ3v) is 3.31. The van der Waals surface area contributed by atoms with Crippen molar-refractivity contribution in [3.63, 3.8) is 0 Å². The highest BCUT2D eigenvalue weighted by Gasteiger charge is 2.41. The molecule has 0 aromatic carbocycles. The molecular weight excluding hydrogens is 276 g/mol. The second-order valence-corrected chi connectivity index (χ2v) is 4.95. The van der Waals surface area contributed by atoms with Gasteiger partial charge < -0.3 is 9.47 Å². The van der Waals surface area contributed by atoms with Gasteiger partial charge in [-0.3, -0.25) is 19.2 Å². The molecule has 6 heteroatoms. The first kappa shape index (κ1) is 19.3. The number of hydrogen-bond donors (Lipinski definition) is 0. The van der Waals surface area contributed by atoms with Crippen molar-refractivity contribution in [2.24, 2.45) is 17.8 Å². The van der Waals surface area contributed by atoms with Crippen LogP contribution in [0.3, 0.4) is 0 Å². The Morgan fingerprint density at radius 3 is 1.57 bits per heavy atom. The molecule has 0 heterocycles. The molecular formula is C15H24O6. The van der Waals surface area contributed by atoms with Crippen LogP contribution in [-0.4, -0.2) is 36.7 Å². The molecule has 21 heavy (non-hydrogen) atoms. The summed E-state index contributed by atoms with van der Waals surface area (Å²) in [5.41, 5.74) is 0. The summed E-state index contributed by atoms with van der Waals surface area (Å²) in [7, 11) is 0. The molecule has 0 amide bonds. The monoisotopic (exact) mass is 300 g/mol. The van der Waals surface area contributed by atoms with Crippen molar-refractivity contribution in [2.45, 2.75) is 41.0 Å². The van der Waals surface area contributed by atoms with Crippen molar-refractivity contribution in [3.8, 4) is 0 Å². The van der Waals surface area contributed by atoms with E-state index in [4.69, 9.17) is 9.47 Å². The molecule has 2 unspecified atom stereocenters. The topological polar surface area (TPSA) is 86.7 Å². The molecule has 0 radical (unpaired) electrons. The van der Waals surface area contributed by atoms with Crippen LogP contribution in [-0.2, 0) is 28.7 Å². The van der Waals surface area contributed by atoms with Gasteiger partial charge in [-0.25, -0.2) is 0 Å². The molecule has 2 atom stereocenters. The number of ether oxygens (including phenoxy) is 2. The van der Waals surface area contributed by atoms with Gasteiger partial charge in [0.25, 0.3) is 0 Å². The van der Waals surface area contributed by atoms with Crippen LogP contribution in [0.15, 0.2) is 0 Å². The molecule has 0 N–H and O–H groups in total. The van der Waals surface area contributed by atoms with E-state index in [1.807, 2.05) is 0 Å². The summed E-state index contributed by atoms with van der Waals surface area (Å²) in [5.74, 6) is -4.67. The van der Waals surface area contributed by atoms with E-state index in [-0.39, 0.29) is 31.2 Å². The van der Waals surface area contributed by atoms with Crippen LogP contribution in [0, 0.1) is 17.8 Å². The van der Waals surface area contributed by atoms with E-state index in [9.17, 15) is 19.2 Å². The fourth-order valence-corrected chi connectivity index (χ4v) is 1.97. The van der Waals surface area contributed by atoms with Gasteiger partial charge in [0.05, 0.1) is 13.2 Å². The predicted molar refractivity (Wildman–Crippen MR) is 75.4 cm³/mol. The van der Waals surface area contributed by atoms with Gasteiger partial charge in [0.2, 0.25) is 0 Å². The summed E-state index contributed by atoms with van der Waals surface area (Å²) in [6, 6.07) is 0. The Labute approximate surface area is 125 Å². The first-order chi connectivity index (χ1) is 9.76. The quantitative estimate of drug-likeness (QED) is 0.474.